The van der Waals surface area contributed by atoms with Crippen molar-refractivity contribution in [1.82, 2.24) is 0 Å². The zero-order chi connectivity index (χ0) is 13.5. The van der Waals surface area contributed by atoms with E-state index in [0.29, 0.717) is 12.1 Å². The van der Waals surface area contributed by atoms with Gasteiger partial charge in [-0.3, -0.25) is 14.5 Å². The predicted molar refractivity (Wildman–Crippen MR) is 70.2 cm³/mol. The van der Waals surface area contributed by atoms with Crippen molar-refractivity contribution in [2.24, 2.45) is 0 Å². The van der Waals surface area contributed by atoms with E-state index in [1.807, 2.05) is 30.3 Å². The maximum Gasteiger partial charge on any atom is 0.303 e. The highest BCUT2D eigenvalue weighted by Crippen LogP contribution is 2.19. The predicted octanol–water partition coefficient (Wildman–Crippen LogP) is 2.81. The first kappa shape index (κ1) is 14.0. The van der Waals surface area contributed by atoms with Gasteiger partial charge in [0.2, 0.25) is 5.91 Å². The summed E-state index contributed by atoms with van der Waals surface area (Å²) in [5.41, 5.74) is 1.38. The number of amides is 1. The van der Waals surface area contributed by atoms with Gasteiger partial charge in [0.1, 0.15) is 0 Å². The van der Waals surface area contributed by atoms with Crippen LogP contribution in [0.15, 0.2) is 42.6 Å². The molecule has 0 spiro atoms. The molecule has 0 aromatic heterocycles. The maximum atomic E-state index is 12.0. The quantitative estimate of drug-likeness (QED) is 0.840. The minimum Gasteiger partial charge on any atom is -0.481 e. The maximum absolute atomic E-state index is 12.0. The molecule has 0 saturated carbocycles. The van der Waals surface area contributed by atoms with Crippen molar-refractivity contribution < 1.29 is 14.7 Å². The molecule has 1 aromatic carbocycles. The molecule has 1 rings (SSSR count). The fraction of sp³-hybridized carbons (Fsp3) is 0.286. The standard InChI is InChI=1S/C14H17NO3/c1-11(2)15(12-7-4-3-5-8-12)13(16)9-6-10-14(17)18/h3-5,7-8H,1,6,9-10H2,2H3,(H,17,18). The molecule has 0 aliphatic carbocycles. The van der Waals surface area contributed by atoms with Crippen molar-refractivity contribution in [3.63, 3.8) is 0 Å². The second kappa shape index (κ2) is 6.59. The average Bonchev–Trinajstić information content (AvgIpc) is 2.29. The van der Waals surface area contributed by atoms with Crippen molar-refractivity contribution in [3.8, 4) is 0 Å². The molecule has 0 aliphatic heterocycles. The number of carbonyl (C=O) groups is 2. The first-order valence-electron chi connectivity index (χ1n) is 5.77. The second-order valence-electron chi connectivity index (χ2n) is 4.05. The number of aliphatic carboxylic acids is 1. The monoisotopic (exact) mass is 247 g/mol. The third-order valence-electron chi connectivity index (χ3n) is 2.43. The van der Waals surface area contributed by atoms with Crippen LogP contribution in [0.25, 0.3) is 0 Å². The molecule has 0 radical (unpaired) electrons. The van der Waals surface area contributed by atoms with E-state index >= 15 is 0 Å². The van der Waals surface area contributed by atoms with Crippen LogP contribution in [0.3, 0.4) is 0 Å². The molecule has 0 atom stereocenters. The van der Waals surface area contributed by atoms with Crippen LogP contribution in [-0.2, 0) is 9.59 Å². The zero-order valence-corrected chi connectivity index (χ0v) is 10.4. The van der Waals surface area contributed by atoms with Gasteiger partial charge in [-0.05, 0) is 25.5 Å². The molecule has 18 heavy (non-hydrogen) atoms. The van der Waals surface area contributed by atoms with Gasteiger partial charge in [-0.2, -0.15) is 0 Å². The van der Waals surface area contributed by atoms with Gasteiger partial charge in [-0.25, -0.2) is 0 Å². The van der Waals surface area contributed by atoms with E-state index < -0.39 is 5.97 Å². The Labute approximate surface area is 107 Å². The summed E-state index contributed by atoms with van der Waals surface area (Å²) in [6.07, 6.45) is 0.545. The number of para-hydroxylation sites is 1. The Balaban J connectivity index is 2.71. The molecular formula is C14H17NO3. The van der Waals surface area contributed by atoms with Crippen LogP contribution < -0.4 is 4.90 Å². The highest BCUT2D eigenvalue weighted by molar-refractivity contribution is 5.96. The number of benzene rings is 1. The summed E-state index contributed by atoms with van der Waals surface area (Å²) < 4.78 is 0. The van der Waals surface area contributed by atoms with Crippen molar-refractivity contribution in [3.05, 3.63) is 42.6 Å². The highest BCUT2D eigenvalue weighted by Gasteiger charge is 2.16. The summed E-state index contributed by atoms with van der Waals surface area (Å²) >= 11 is 0. The number of hydrogen-bond acceptors (Lipinski definition) is 2. The molecule has 1 aromatic rings. The molecule has 0 aliphatic rings. The lowest BCUT2D eigenvalue weighted by Crippen LogP contribution is -2.28. The Morgan fingerprint density at radius 1 is 1.22 bits per heavy atom. The van der Waals surface area contributed by atoms with Gasteiger partial charge in [0.05, 0.1) is 0 Å². The van der Waals surface area contributed by atoms with Crippen molar-refractivity contribution in [2.45, 2.75) is 26.2 Å². The summed E-state index contributed by atoms with van der Waals surface area (Å²) in [7, 11) is 0. The Bertz CT molecular complexity index is 440. The number of rotatable bonds is 6. The number of hydrogen-bond donors (Lipinski definition) is 1. The third kappa shape index (κ3) is 4.05. The summed E-state index contributed by atoms with van der Waals surface area (Å²) in [4.78, 5) is 24.0. The number of nitrogens with zero attached hydrogens (tertiary/aromatic N) is 1. The molecule has 0 heterocycles. The van der Waals surface area contributed by atoms with E-state index in [4.69, 9.17) is 5.11 Å². The van der Waals surface area contributed by atoms with Crippen LogP contribution in [0.4, 0.5) is 5.69 Å². The van der Waals surface area contributed by atoms with Crippen LogP contribution in [0.1, 0.15) is 26.2 Å². The number of carbonyl (C=O) groups excluding carboxylic acids is 1. The van der Waals surface area contributed by atoms with Gasteiger partial charge in [0.25, 0.3) is 0 Å². The largest absolute Gasteiger partial charge is 0.481 e. The fourth-order valence-corrected chi connectivity index (χ4v) is 1.66. The number of anilines is 1. The molecule has 1 amide bonds. The van der Waals surface area contributed by atoms with Gasteiger partial charge < -0.3 is 5.11 Å². The fourth-order valence-electron chi connectivity index (χ4n) is 1.66. The van der Waals surface area contributed by atoms with E-state index in [1.165, 1.54) is 4.90 Å². The van der Waals surface area contributed by atoms with Crippen LogP contribution in [0.5, 0.6) is 0 Å². The molecule has 1 N–H and O–H groups in total. The van der Waals surface area contributed by atoms with Crippen LogP contribution in [-0.4, -0.2) is 17.0 Å². The minimum absolute atomic E-state index is 0.00452. The van der Waals surface area contributed by atoms with E-state index in [2.05, 4.69) is 6.58 Å². The van der Waals surface area contributed by atoms with Gasteiger partial charge in [-0.1, -0.05) is 24.8 Å². The Hall–Kier alpha value is -2.10. The SMILES string of the molecule is C=C(C)N(C(=O)CCCC(=O)O)c1ccccc1. The average molecular weight is 247 g/mol. The number of allylic oxidation sites excluding steroid dienone is 1. The van der Waals surface area contributed by atoms with Gasteiger partial charge >= 0.3 is 5.97 Å². The topological polar surface area (TPSA) is 57.6 Å². The van der Waals surface area contributed by atoms with E-state index in [0.717, 1.165) is 5.69 Å². The summed E-state index contributed by atoms with van der Waals surface area (Å²) in [5, 5.41) is 8.55. The Morgan fingerprint density at radius 3 is 2.33 bits per heavy atom. The number of carboxylic acid groups (broad SMARTS) is 1. The third-order valence-corrected chi connectivity index (χ3v) is 2.43. The van der Waals surface area contributed by atoms with Crippen molar-refractivity contribution >= 4 is 17.6 Å². The van der Waals surface area contributed by atoms with Crippen molar-refractivity contribution in [1.29, 1.82) is 0 Å². The number of carboxylic acids is 1. The minimum atomic E-state index is -0.885. The lowest BCUT2D eigenvalue weighted by Gasteiger charge is -2.22. The van der Waals surface area contributed by atoms with Crippen molar-refractivity contribution in [2.75, 3.05) is 4.90 Å². The van der Waals surface area contributed by atoms with E-state index in [9.17, 15) is 9.59 Å². The summed E-state index contributed by atoms with van der Waals surface area (Å²) in [6, 6.07) is 9.20. The Kier molecular flexibility index (Phi) is 5.11. The Morgan fingerprint density at radius 2 is 1.83 bits per heavy atom. The molecule has 96 valence electrons. The first-order chi connectivity index (χ1) is 8.52. The van der Waals surface area contributed by atoms with E-state index in [-0.39, 0.29) is 18.7 Å². The summed E-state index contributed by atoms with van der Waals surface area (Å²) in [5.74, 6) is -1.01. The molecular weight excluding hydrogens is 230 g/mol. The molecule has 0 bridgehead atoms. The smallest absolute Gasteiger partial charge is 0.303 e. The zero-order valence-electron chi connectivity index (χ0n) is 10.4. The lowest BCUT2D eigenvalue weighted by molar-refractivity contribution is -0.137. The van der Waals surface area contributed by atoms with Gasteiger partial charge in [0.15, 0.2) is 0 Å². The lowest BCUT2D eigenvalue weighted by atomic mass is 10.2. The van der Waals surface area contributed by atoms with Gasteiger partial charge in [0, 0.05) is 24.2 Å². The van der Waals surface area contributed by atoms with Crippen LogP contribution >= 0.6 is 0 Å². The highest BCUT2D eigenvalue weighted by atomic mass is 16.4. The van der Waals surface area contributed by atoms with Crippen LogP contribution in [0.2, 0.25) is 0 Å². The molecule has 4 heteroatoms. The molecule has 0 fully saturated rings. The normalized spacial score (nSPS) is 9.83. The molecule has 0 saturated heterocycles. The molecule has 0 unspecified atom stereocenters. The van der Waals surface area contributed by atoms with Crippen LogP contribution in [0, 0.1) is 0 Å². The van der Waals surface area contributed by atoms with Gasteiger partial charge in [-0.15, -0.1) is 0 Å². The molecule has 4 nitrogen and oxygen atoms in total. The van der Waals surface area contributed by atoms with E-state index in [1.54, 1.807) is 6.92 Å². The summed E-state index contributed by atoms with van der Waals surface area (Å²) in [6.45, 7) is 5.54. The second-order valence-corrected chi connectivity index (χ2v) is 4.05. The first-order valence-corrected chi connectivity index (χ1v) is 5.77.